The molecule has 2 aromatic rings. The van der Waals surface area contributed by atoms with Gasteiger partial charge in [-0.05, 0) is 30.7 Å². The molecular weight excluding hydrogens is 278 g/mol. The first kappa shape index (κ1) is 14.4. The predicted octanol–water partition coefficient (Wildman–Crippen LogP) is 3.27. The third-order valence-electron chi connectivity index (χ3n) is 3.70. The Morgan fingerprint density at radius 1 is 1.18 bits per heavy atom. The molecule has 0 fully saturated rings. The highest BCUT2D eigenvalue weighted by molar-refractivity contribution is 5.96. The van der Waals surface area contributed by atoms with Gasteiger partial charge in [0, 0.05) is 0 Å². The van der Waals surface area contributed by atoms with Crippen molar-refractivity contribution in [3.8, 4) is 11.5 Å². The Labute approximate surface area is 130 Å². The molecule has 4 heteroatoms. The van der Waals surface area contributed by atoms with E-state index in [4.69, 9.17) is 9.47 Å². The molecule has 0 radical (unpaired) electrons. The molecule has 1 unspecified atom stereocenters. The lowest BCUT2D eigenvalue weighted by Crippen LogP contribution is -2.45. The number of nitrogens with zero attached hydrogens (tertiary/aromatic N) is 1. The van der Waals surface area contributed by atoms with Crippen LogP contribution in [0, 0.1) is 0 Å². The van der Waals surface area contributed by atoms with Crippen molar-refractivity contribution in [3.05, 3.63) is 54.6 Å². The first-order chi connectivity index (χ1) is 10.8. The SMILES string of the molecule is CCC1CN(C(=O)COc2ccccc2)c2ccccc2O1. The molecule has 22 heavy (non-hydrogen) atoms. The molecule has 4 nitrogen and oxygen atoms in total. The van der Waals surface area contributed by atoms with Crippen molar-refractivity contribution in [3.63, 3.8) is 0 Å². The minimum atomic E-state index is -0.0574. The van der Waals surface area contributed by atoms with Crippen molar-refractivity contribution in [1.82, 2.24) is 0 Å². The van der Waals surface area contributed by atoms with E-state index < -0.39 is 0 Å². The molecule has 2 aromatic carbocycles. The van der Waals surface area contributed by atoms with Gasteiger partial charge in [0.15, 0.2) is 6.61 Å². The maximum Gasteiger partial charge on any atom is 0.265 e. The Morgan fingerprint density at radius 2 is 1.91 bits per heavy atom. The van der Waals surface area contributed by atoms with Crippen LogP contribution in [0.3, 0.4) is 0 Å². The van der Waals surface area contributed by atoms with Crippen molar-refractivity contribution >= 4 is 11.6 Å². The fraction of sp³-hybridized carbons (Fsp3) is 0.278. The van der Waals surface area contributed by atoms with E-state index >= 15 is 0 Å². The van der Waals surface area contributed by atoms with E-state index in [0.29, 0.717) is 12.3 Å². The smallest absolute Gasteiger partial charge is 0.265 e. The van der Waals surface area contributed by atoms with Crippen LogP contribution in [0.2, 0.25) is 0 Å². The number of hydrogen-bond donors (Lipinski definition) is 0. The first-order valence-corrected chi connectivity index (χ1v) is 7.52. The summed E-state index contributed by atoms with van der Waals surface area (Å²) in [5, 5.41) is 0. The van der Waals surface area contributed by atoms with E-state index in [1.165, 1.54) is 0 Å². The fourth-order valence-corrected chi connectivity index (χ4v) is 2.49. The fourth-order valence-electron chi connectivity index (χ4n) is 2.49. The number of para-hydroxylation sites is 3. The van der Waals surface area contributed by atoms with Crippen LogP contribution in [0.25, 0.3) is 0 Å². The Bertz CT molecular complexity index is 642. The van der Waals surface area contributed by atoms with E-state index in [-0.39, 0.29) is 18.6 Å². The third kappa shape index (κ3) is 3.06. The zero-order valence-corrected chi connectivity index (χ0v) is 12.6. The van der Waals surface area contributed by atoms with Gasteiger partial charge in [0.05, 0.1) is 12.2 Å². The Hall–Kier alpha value is -2.49. The molecule has 0 saturated heterocycles. The van der Waals surface area contributed by atoms with Gasteiger partial charge in [0.1, 0.15) is 17.6 Å². The lowest BCUT2D eigenvalue weighted by atomic mass is 10.1. The van der Waals surface area contributed by atoms with Crippen LogP contribution in [0.4, 0.5) is 5.69 Å². The molecule has 1 heterocycles. The van der Waals surface area contributed by atoms with E-state index in [2.05, 4.69) is 6.92 Å². The number of fused-ring (bicyclic) bond motifs is 1. The molecule has 1 aliphatic rings. The van der Waals surface area contributed by atoms with Crippen molar-refractivity contribution in [1.29, 1.82) is 0 Å². The average molecular weight is 297 g/mol. The third-order valence-corrected chi connectivity index (χ3v) is 3.70. The summed E-state index contributed by atoms with van der Waals surface area (Å²) in [6.45, 7) is 2.64. The van der Waals surface area contributed by atoms with Crippen LogP contribution in [0.15, 0.2) is 54.6 Å². The second kappa shape index (κ2) is 6.52. The van der Waals surface area contributed by atoms with Crippen LogP contribution >= 0.6 is 0 Å². The Kier molecular flexibility index (Phi) is 4.28. The quantitative estimate of drug-likeness (QED) is 0.869. The van der Waals surface area contributed by atoms with Crippen molar-refractivity contribution in [2.75, 3.05) is 18.1 Å². The number of benzene rings is 2. The molecule has 114 valence electrons. The highest BCUT2D eigenvalue weighted by atomic mass is 16.5. The summed E-state index contributed by atoms with van der Waals surface area (Å²) in [6, 6.07) is 17.0. The monoisotopic (exact) mass is 297 g/mol. The molecular formula is C18H19NO3. The summed E-state index contributed by atoms with van der Waals surface area (Å²) in [7, 11) is 0. The van der Waals surface area contributed by atoms with Gasteiger partial charge in [0.2, 0.25) is 0 Å². The molecule has 0 N–H and O–H groups in total. The maximum atomic E-state index is 12.5. The number of carbonyl (C=O) groups is 1. The van der Waals surface area contributed by atoms with E-state index in [9.17, 15) is 4.79 Å². The minimum absolute atomic E-state index is 0.0226. The number of anilines is 1. The number of rotatable bonds is 4. The van der Waals surface area contributed by atoms with Crippen LogP contribution in [0.1, 0.15) is 13.3 Å². The number of hydrogen-bond acceptors (Lipinski definition) is 3. The largest absolute Gasteiger partial charge is 0.486 e. The normalized spacial score (nSPS) is 16.6. The predicted molar refractivity (Wildman–Crippen MR) is 85.4 cm³/mol. The van der Waals surface area contributed by atoms with Gasteiger partial charge in [-0.15, -0.1) is 0 Å². The minimum Gasteiger partial charge on any atom is -0.486 e. The summed E-state index contributed by atoms with van der Waals surface area (Å²) in [5.74, 6) is 1.40. The van der Waals surface area contributed by atoms with Crippen molar-refractivity contribution in [2.45, 2.75) is 19.4 Å². The van der Waals surface area contributed by atoms with Crippen LogP contribution in [-0.4, -0.2) is 25.2 Å². The molecule has 0 aromatic heterocycles. The number of ether oxygens (including phenoxy) is 2. The van der Waals surface area contributed by atoms with Crippen LogP contribution in [0.5, 0.6) is 11.5 Å². The van der Waals surface area contributed by atoms with E-state index in [1.54, 1.807) is 4.90 Å². The van der Waals surface area contributed by atoms with Gasteiger partial charge in [-0.3, -0.25) is 4.79 Å². The molecule has 1 aliphatic heterocycles. The average Bonchev–Trinajstić information content (AvgIpc) is 2.59. The summed E-state index contributed by atoms with van der Waals surface area (Å²) in [4.78, 5) is 14.3. The molecule has 0 spiro atoms. The molecule has 0 saturated carbocycles. The second-order valence-electron chi connectivity index (χ2n) is 5.22. The van der Waals surface area contributed by atoms with Crippen LogP contribution in [-0.2, 0) is 4.79 Å². The highest BCUT2D eigenvalue weighted by Gasteiger charge is 2.28. The van der Waals surface area contributed by atoms with Crippen molar-refractivity contribution in [2.24, 2.45) is 0 Å². The lowest BCUT2D eigenvalue weighted by Gasteiger charge is -2.34. The van der Waals surface area contributed by atoms with Gasteiger partial charge < -0.3 is 14.4 Å². The summed E-state index contributed by atoms with van der Waals surface area (Å²) in [5.41, 5.74) is 0.814. The zero-order chi connectivity index (χ0) is 15.4. The summed E-state index contributed by atoms with van der Waals surface area (Å²) in [6.07, 6.45) is 0.882. The van der Waals surface area contributed by atoms with Crippen molar-refractivity contribution < 1.29 is 14.3 Å². The summed E-state index contributed by atoms with van der Waals surface area (Å²) < 4.78 is 11.5. The molecule has 0 bridgehead atoms. The molecule has 0 aliphatic carbocycles. The summed E-state index contributed by atoms with van der Waals surface area (Å²) >= 11 is 0. The second-order valence-corrected chi connectivity index (χ2v) is 5.22. The van der Waals surface area contributed by atoms with E-state index in [0.717, 1.165) is 17.9 Å². The molecule has 3 rings (SSSR count). The number of amides is 1. The van der Waals surface area contributed by atoms with Gasteiger partial charge in [-0.2, -0.15) is 0 Å². The maximum absolute atomic E-state index is 12.5. The van der Waals surface area contributed by atoms with Crippen LogP contribution < -0.4 is 14.4 Å². The molecule has 1 amide bonds. The first-order valence-electron chi connectivity index (χ1n) is 7.52. The van der Waals surface area contributed by atoms with Gasteiger partial charge in [-0.25, -0.2) is 0 Å². The van der Waals surface area contributed by atoms with E-state index in [1.807, 2.05) is 54.6 Å². The Morgan fingerprint density at radius 3 is 2.68 bits per heavy atom. The molecule has 1 atom stereocenters. The Balaban J connectivity index is 1.74. The van der Waals surface area contributed by atoms with Gasteiger partial charge >= 0.3 is 0 Å². The van der Waals surface area contributed by atoms with Gasteiger partial charge in [0.25, 0.3) is 5.91 Å². The van der Waals surface area contributed by atoms with Gasteiger partial charge in [-0.1, -0.05) is 37.3 Å². The lowest BCUT2D eigenvalue weighted by molar-refractivity contribution is -0.121. The standard InChI is InChI=1S/C18H19NO3/c1-2-14-12-19(16-10-6-7-11-17(16)22-14)18(20)13-21-15-8-4-3-5-9-15/h3-11,14H,2,12-13H2,1H3. The topological polar surface area (TPSA) is 38.8 Å². The highest BCUT2D eigenvalue weighted by Crippen LogP contribution is 2.33. The number of carbonyl (C=O) groups excluding carboxylic acids is 1. The zero-order valence-electron chi connectivity index (χ0n) is 12.6.